The fraction of sp³-hybridized carbons (Fsp3) is 0.444. The van der Waals surface area contributed by atoms with E-state index in [-0.39, 0.29) is 24.8 Å². The van der Waals surface area contributed by atoms with Crippen molar-refractivity contribution in [2.75, 3.05) is 25.0 Å². The van der Waals surface area contributed by atoms with E-state index < -0.39 is 23.2 Å². The van der Waals surface area contributed by atoms with E-state index in [4.69, 9.17) is 11.2 Å². The number of amides is 2. The van der Waals surface area contributed by atoms with Gasteiger partial charge in [-0.2, -0.15) is 0 Å². The van der Waals surface area contributed by atoms with Crippen molar-refractivity contribution in [3.63, 3.8) is 0 Å². The summed E-state index contributed by atoms with van der Waals surface area (Å²) < 4.78 is 18.6. The number of halogens is 1. The quantitative estimate of drug-likeness (QED) is 0.821. The molecule has 1 saturated carbocycles. The van der Waals surface area contributed by atoms with Crippen molar-refractivity contribution in [1.82, 2.24) is 4.90 Å². The summed E-state index contributed by atoms with van der Waals surface area (Å²) in [7, 11) is 0. The second-order valence-corrected chi connectivity index (χ2v) is 6.49. The van der Waals surface area contributed by atoms with Crippen LogP contribution in [0, 0.1) is 29.5 Å². The first-order valence-electron chi connectivity index (χ1n) is 8.11. The maximum Gasteiger partial charge on any atom is 0.321 e. The first-order valence-corrected chi connectivity index (χ1v) is 8.11. The van der Waals surface area contributed by atoms with E-state index in [0.29, 0.717) is 18.7 Å². The van der Waals surface area contributed by atoms with Gasteiger partial charge in [-0.25, -0.2) is 9.18 Å². The summed E-state index contributed by atoms with van der Waals surface area (Å²) >= 11 is 0. The van der Waals surface area contributed by atoms with Gasteiger partial charge in [0.25, 0.3) is 0 Å². The van der Waals surface area contributed by atoms with Gasteiger partial charge in [0, 0.05) is 19.2 Å². The average Bonchev–Trinajstić information content (AvgIpc) is 3.13. The lowest BCUT2D eigenvalue weighted by atomic mass is 9.81. The number of carboxylic acids is 1. The normalized spacial score (nSPS) is 24.5. The maximum absolute atomic E-state index is 13.4. The predicted molar refractivity (Wildman–Crippen MR) is 88.7 cm³/mol. The highest BCUT2D eigenvalue weighted by Crippen LogP contribution is 2.49. The molecule has 0 bridgehead atoms. The van der Waals surface area contributed by atoms with Gasteiger partial charge in [0.15, 0.2) is 0 Å². The Morgan fingerprint density at radius 3 is 3.00 bits per heavy atom. The third-order valence-electron chi connectivity index (χ3n) is 5.08. The minimum Gasteiger partial charge on any atom is -0.481 e. The molecule has 2 atom stereocenters. The van der Waals surface area contributed by atoms with Gasteiger partial charge >= 0.3 is 12.0 Å². The summed E-state index contributed by atoms with van der Waals surface area (Å²) in [5.41, 5.74) is -0.550. The van der Waals surface area contributed by atoms with Gasteiger partial charge < -0.3 is 20.1 Å². The molecule has 132 valence electrons. The van der Waals surface area contributed by atoms with Crippen molar-refractivity contribution >= 4 is 17.7 Å². The minimum atomic E-state index is -0.844. The predicted octanol–water partition coefficient (Wildman–Crippen LogP) is 2.56. The number of likely N-dealkylation sites (tertiary alicyclic amines) is 1. The number of hydrogen-bond donors (Lipinski definition) is 2. The number of hydrogen-bond acceptors (Lipinski definition) is 3. The Labute approximate surface area is 145 Å². The largest absolute Gasteiger partial charge is 0.481 e. The Bertz CT molecular complexity index is 745. The van der Waals surface area contributed by atoms with Crippen molar-refractivity contribution in [2.45, 2.75) is 19.3 Å². The SMILES string of the molecule is C#CCOc1cc(F)ccc1NC(=O)N1C[C@@H]2CCC[C@@]2(C(=O)O)C1. The third kappa shape index (κ3) is 3.12. The van der Waals surface area contributed by atoms with Crippen LogP contribution in [-0.4, -0.2) is 41.7 Å². The zero-order valence-corrected chi connectivity index (χ0v) is 13.6. The Hall–Kier alpha value is -2.75. The number of carboxylic acid groups (broad SMARTS) is 1. The molecule has 1 aliphatic heterocycles. The fourth-order valence-corrected chi connectivity index (χ4v) is 3.83. The van der Waals surface area contributed by atoms with Gasteiger partial charge in [-0.05, 0) is 30.9 Å². The number of nitrogens with zero attached hydrogens (tertiary/aromatic N) is 1. The van der Waals surface area contributed by atoms with Crippen LogP contribution < -0.4 is 10.1 Å². The van der Waals surface area contributed by atoms with Crippen LogP contribution in [0.5, 0.6) is 5.75 Å². The van der Waals surface area contributed by atoms with Crippen LogP contribution in [0.4, 0.5) is 14.9 Å². The molecule has 2 amide bonds. The molecule has 2 N–H and O–H groups in total. The molecule has 3 rings (SSSR count). The van der Waals surface area contributed by atoms with E-state index in [2.05, 4.69) is 11.2 Å². The summed E-state index contributed by atoms with van der Waals surface area (Å²) in [6.07, 6.45) is 7.41. The molecule has 2 aliphatic rings. The monoisotopic (exact) mass is 346 g/mol. The molecule has 0 spiro atoms. The van der Waals surface area contributed by atoms with Gasteiger partial charge in [0.05, 0.1) is 11.1 Å². The van der Waals surface area contributed by atoms with E-state index in [9.17, 15) is 19.1 Å². The van der Waals surface area contributed by atoms with Gasteiger partial charge in [-0.1, -0.05) is 12.3 Å². The standard InChI is InChI=1S/C18H19FN2O4/c1-2-8-25-15-9-13(19)5-6-14(15)20-17(24)21-10-12-4-3-7-18(12,11-21)16(22)23/h1,5-6,9,12H,3-4,7-8,10-11H2,(H,20,24)(H,22,23)/t12-,18+/m0/s1. The first kappa shape index (κ1) is 17.1. The number of nitrogens with one attached hydrogen (secondary N) is 1. The summed E-state index contributed by atoms with van der Waals surface area (Å²) in [4.78, 5) is 25.8. The number of anilines is 1. The number of ether oxygens (including phenoxy) is 1. The van der Waals surface area contributed by atoms with E-state index >= 15 is 0 Å². The van der Waals surface area contributed by atoms with Crippen LogP contribution in [0.3, 0.4) is 0 Å². The van der Waals surface area contributed by atoms with Gasteiger partial charge in [0.2, 0.25) is 0 Å². The molecule has 7 heteroatoms. The number of aliphatic carboxylic acids is 1. The van der Waals surface area contributed by atoms with Gasteiger partial charge in [-0.3, -0.25) is 4.79 Å². The topological polar surface area (TPSA) is 78.9 Å². The van der Waals surface area contributed by atoms with E-state index in [0.717, 1.165) is 18.9 Å². The second kappa shape index (κ2) is 6.63. The number of benzene rings is 1. The summed E-state index contributed by atoms with van der Waals surface area (Å²) in [5.74, 6) is 1.04. The maximum atomic E-state index is 13.4. The van der Waals surface area contributed by atoms with Crippen LogP contribution in [0.25, 0.3) is 0 Å². The molecule has 1 aromatic carbocycles. The van der Waals surface area contributed by atoms with Crippen LogP contribution in [0.15, 0.2) is 18.2 Å². The lowest BCUT2D eigenvalue weighted by molar-refractivity contribution is -0.149. The molecule has 25 heavy (non-hydrogen) atoms. The second-order valence-electron chi connectivity index (χ2n) is 6.49. The molecule has 1 aliphatic carbocycles. The molecule has 0 radical (unpaired) electrons. The number of urea groups is 1. The molecule has 0 unspecified atom stereocenters. The van der Waals surface area contributed by atoms with Crippen molar-refractivity contribution < 1.29 is 23.8 Å². The van der Waals surface area contributed by atoms with Gasteiger partial charge in [0.1, 0.15) is 18.2 Å². The van der Waals surface area contributed by atoms with E-state index in [1.165, 1.54) is 17.0 Å². The highest BCUT2D eigenvalue weighted by Gasteiger charge is 2.55. The lowest BCUT2D eigenvalue weighted by Gasteiger charge is -2.23. The van der Waals surface area contributed by atoms with E-state index in [1.54, 1.807) is 0 Å². The Morgan fingerprint density at radius 1 is 1.52 bits per heavy atom. The van der Waals surface area contributed by atoms with Gasteiger partial charge in [-0.15, -0.1) is 6.42 Å². The molecule has 0 aromatic heterocycles. The fourth-order valence-electron chi connectivity index (χ4n) is 3.83. The molecule has 2 fully saturated rings. The molecular weight excluding hydrogens is 327 g/mol. The van der Waals surface area contributed by atoms with Crippen molar-refractivity contribution in [2.24, 2.45) is 11.3 Å². The molecule has 1 aromatic rings. The van der Waals surface area contributed by atoms with Crippen LogP contribution in [-0.2, 0) is 4.79 Å². The summed E-state index contributed by atoms with van der Waals surface area (Å²) in [6.45, 7) is 0.528. The smallest absolute Gasteiger partial charge is 0.321 e. The zero-order valence-electron chi connectivity index (χ0n) is 13.6. The third-order valence-corrected chi connectivity index (χ3v) is 5.08. The number of fused-ring (bicyclic) bond motifs is 1. The number of carbonyl (C=O) groups excluding carboxylic acids is 1. The highest BCUT2D eigenvalue weighted by molar-refractivity contribution is 5.92. The van der Waals surface area contributed by atoms with Crippen molar-refractivity contribution in [1.29, 1.82) is 0 Å². The average molecular weight is 346 g/mol. The minimum absolute atomic E-state index is 0.0267. The highest BCUT2D eigenvalue weighted by atomic mass is 19.1. The Morgan fingerprint density at radius 2 is 2.32 bits per heavy atom. The number of carbonyl (C=O) groups is 2. The Balaban J connectivity index is 1.74. The molecule has 6 nitrogen and oxygen atoms in total. The zero-order chi connectivity index (χ0) is 18.0. The van der Waals surface area contributed by atoms with Crippen LogP contribution in [0.2, 0.25) is 0 Å². The van der Waals surface area contributed by atoms with Crippen LogP contribution in [0.1, 0.15) is 19.3 Å². The van der Waals surface area contributed by atoms with Crippen molar-refractivity contribution in [3.05, 3.63) is 24.0 Å². The molecular formula is C18H19FN2O4. The number of terminal acetylenes is 1. The molecule has 1 heterocycles. The summed E-state index contributed by atoms with van der Waals surface area (Å²) in [5, 5.41) is 12.3. The Kier molecular flexibility index (Phi) is 4.53. The summed E-state index contributed by atoms with van der Waals surface area (Å²) in [6, 6.07) is 3.32. The van der Waals surface area contributed by atoms with E-state index in [1.807, 2.05) is 0 Å². The lowest BCUT2D eigenvalue weighted by Crippen LogP contribution is -2.38. The van der Waals surface area contributed by atoms with Crippen LogP contribution >= 0.6 is 0 Å². The molecule has 1 saturated heterocycles. The number of rotatable bonds is 4. The first-order chi connectivity index (χ1) is 12.0. The van der Waals surface area contributed by atoms with Crippen molar-refractivity contribution in [3.8, 4) is 18.1 Å².